The van der Waals surface area contributed by atoms with E-state index in [1.165, 1.54) is 6.08 Å². The van der Waals surface area contributed by atoms with E-state index in [2.05, 4.69) is 16.0 Å². The molecule has 1 atom stereocenters. The Labute approximate surface area is 244 Å². The van der Waals surface area contributed by atoms with Crippen molar-refractivity contribution in [3.63, 3.8) is 0 Å². The molecule has 4 N–H and O–H groups in total. The van der Waals surface area contributed by atoms with Gasteiger partial charge in [0.1, 0.15) is 11.7 Å². The van der Waals surface area contributed by atoms with Gasteiger partial charge in [0.25, 0.3) is 5.91 Å². The fraction of sp³-hybridized carbons (Fsp3) is 0.182. The lowest BCUT2D eigenvalue weighted by Gasteiger charge is -2.34. The molecule has 214 valence electrons. The summed E-state index contributed by atoms with van der Waals surface area (Å²) < 4.78 is 0. The van der Waals surface area contributed by atoms with Crippen molar-refractivity contribution in [1.29, 1.82) is 0 Å². The lowest BCUT2D eigenvalue weighted by molar-refractivity contribution is -0.141. The van der Waals surface area contributed by atoms with E-state index >= 15 is 0 Å². The first kappa shape index (κ1) is 29.6. The van der Waals surface area contributed by atoms with Gasteiger partial charge in [-0.25, -0.2) is 9.59 Å². The summed E-state index contributed by atoms with van der Waals surface area (Å²) in [4.78, 5) is 51.5. The lowest BCUT2D eigenvalue weighted by Crippen LogP contribution is -2.43. The molecule has 9 nitrogen and oxygen atoms in total. The van der Waals surface area contributed by atoms with Gasteiger partial charge in [0, 0.05) is 24.6 Å². The number of rotatable bonds is 12. The van der Waals surface area contributed by atoms with Crippen molar-refractivity contribution in [2.45, 2.75) is 31.3 Å². The average Bonchev–Trinajstić information content (AvgIpc) is 3.28. The summed E-state index contributed by atoms with van der Waals surface area (Å²) in [5, 5.41) is 18.1. The van der Waals surface area contributed by atoms with Gasteiger partial charge in [-0.3, -0.25) is 9.59 Å². The highest BCUT2D eigenvalue weighted by Gasteiger charge is 2.31. The number of hydrogen-bond acceptors (Lipinski definition) is 6. The number of allylic oxidation sites excluding steroid dienone is 6. The first-order valence-corrected chi connectivity index (χ1v) is 13.6. The summed E-state index contributed by atoms with van der Waals surface area (Å²) in [7, 11) is 0. The van der Waals surface area contributed by atoms with Gasteiger partial charge in [-0.1, -0.05) is 72.8 Å². The molecule has 0 fully saturated rings. The zero-order valence-corrected chi connectivity index (χ0v) is 22.9. The number of carboxylic acids is 1. The Balaban J connectivity index is 1.40. The van der Waals surface area contributed by atoms with E-state index in [1.54, 1.807) is 29.5 Å². The van der Waals surface area contributed by atoms with Crippen LogP contribution in [0, 0.1) is 0 Å². The smallest absolute Gasteiger partial charge is 0.326 e. The third kappa shape index (κ3) is 7.84. The highest BCUT2D eigenvalue weighted by molar-refractivity contribution is 6.02. The SMILES string of the molecule is O=C=C1C(C(=O)NC(CCCNC(=O)CC2=CC=CC=CN2)C(=O)O)=CC=CN1C(c1ccccc1)c1ccccc1. The Morgan fingerprint density at radius 2 is 1.60 bits per heavy atom. The molecule has 0 spiro atoms. The van der Waals surface area contributed by atoms with Crippen molar-refractivity contribution in [3.8, 4) is 0 Å². The first-order chi connectivity index (χ1) is 20.5. The van der Waals surface area contributed by atoms with E-state index in [0.717, 1.165) is 16.8 Å². The van der Waals surface area contributed by atoms with E-state index in [9.17, 15) is 24.3 Å². The largest absolute Gasteiger partial charge is 0.480 e. The van der Waals surface area contributed by atoms with Crippen LogP contribution < -0.4 is 16.0 Å². The van der Waals surface area contributed by atoms with E-state index in [1.807, 2.05) is 84.8 Å². The molecular weight excluding hydrogens is 532 g/mol. The van der Waals surface area contributed by atoms with Crippen molar-refractivity contribution < 1.29 is 24.3 Å². The normalized spacial score (nSPS) is 14.7. The van der Waals surface area contributed by atoms with Crippen LogP contribution in [0.4, 0.5) is 0 Å². The number of aliphatic carboxylic acids is 1. The highest BCUT2D eigenvalue weighted by atomic mass is 16.4. The van der Waals surface area contributed by atoms with Crippen molar-refractivity contribution >= 4 is 23.7 Å². The van der Waals surface area contributed by atoms with Gasteiger partial charge in [-0.05, 0) is 48.3 Å². The molecule has 0 bridgehead atoms. The monoisotopic (exact) mass is 564 g/mol. The van der Waals surface area contributed by atoms with Crippen molar-refractivity contribution in [2.75, 3.05) is 6.54 Å². The Kier molecular flexibility index (Phi) is 10.4. The zero-order chi connectivity index (χ0) is 29.7. The minimum absolute atomic E-state index is 0.00442. The summed E-state index contributed by atoms with van der Waals surface area (Å²) >= 11 is 0. The summed E-state index contributed by atoms with van der Waals surface area (Å²) in [5.41, 5.74) is 2.53. The minimum atomic E-state index is -1.22. The van der Waals surface area contributed by atoms with E-state index in [4.69, 9.17) is 0 Å². The third-order valence-electron chi connectivity index (χ3n) is 6.70. The van der Waals surface area contributed by atoms with Gasteiger partial charge < -0.3 is 26.0 Å². The number of hydrogen-bond donors (Lipinski definition) is 4. The number of carboxylic acid groups (broad SMARTS) is 1. The number of carbonyl (C=O) groups excluding carboxylic acids is 3. The first-order valence-electron chi connectivity index (χ1n) is 13.6. The van der Waals surface area contributed by atoms with Crippen LogP contribution in [0.5, 0.6) is 0 Å². The fourth-order valence-electron chi connectivity index (χ4n) is 4.68. The molecule has 0 aliphatic carbocycles. The average molecular weight is 565 g/mol. The van der Waals surface area contributed by atoms with Crippen LogP contribution in [-0.2, 0) is 19.2 Å². The number of nitrogens with one attached hydrogen (secondary N) is 3. The van der Waals surface area contributed by atoms with Gasteiger partial charge in [0.15, 0.2) is 5.94 Å². The predicted molar refractivity (Wildman–Crippen MR) is 159 cm³/mol. The lowest BCUT2D eigenvalue weighted by atomic mass is 9.94. The number of nitrogens with zero attached hydrogens (tertiary/aromatic N) is 1. The summed E-state index contributed by atoms with van der Waals surface area (Å²) in [6.45, 7) is 0.242. The molecule has 2 aliphatic heterocycles. The Morgan fingerprint density at radius 3 is 2.24 bits per heavy atom. The Morgan fingerprint density at radius 1 is 0.905 bits per heavy atom. The van der Waals surface area contributed by atoms with Gasteiger partial charge >= 0.3 is 5.97 Å². The molecule has 2 aliphatic rings. The molecular formula is C33H32N4O5. The molecule has 2 aromatic carbocycles. The molecule has 42 heavy (non-hydrogen) atoms. The quantitative estimate of drug-likeness (QED) is 0.229. The summed E-state index contributed by atoms with van der Waals surface area (Å²) in [6, 6.07) is 17.5. The molecule has 2 heterocycles. The van der Waals surface area contributed by atoms with Crippen LogP contribution in [0.15, 0.2) is 126 Å². The Hall–Kier alpha value is -5.40. The Bertz CT molecular complexity index is 1450. The molecule has 2 aromatic rings. The van der Waals surface area contributed by atoms with E-state index < -0.39 is 24.0 Å². The second-order valence-electron chi connectivity index (χ2n) is 9.62. The summed E-state index contributed by atoms with van der Waals surface area (Å²) in [6.07, 6.45) is 14.4. The van der Waals surface area contributed by atoms with E-state index in [0.29, 0.717) is 6.42 Å². The maximum atomic E-state index is 13.3. The minimum Gasteiger partial charge on any atom is -0.480 e. The predicted octanol–water partition coefficient (Wildman–Crippen LogP) is 3.66. The molecule has 0 aromatic heterocycles. The molecule has 2 amide bonds. The van der Waals surface area contributed by atoms with Gasteiger partial charge in [0.05, 0.1) is 18.0 Å². The molecule has 0 saturated heterocycles. The van der Waals surface area contributed by atoms with Crippen molar-refractivity contribution in [1.82, 2.24) is 20.9 Å². The van der Waals surface area contributed by atoms with Gasteiger partial charge in [-0.15, -0.1) is 0 Å². The van der Waals surface area contributed by atoms with Crippen LogP contribution in [0.3, 0.4) is 0 Å². The maximum absolute atomic E-state index is 13.3. The summed E-state index contributed by atoms with van der Waals surface area (Å²) in [5.74, 6) is -0.217. The number of amides is 2. The molecule has 1 unspecified atom stereocenters. The van der Waals surface area contributed by atoms with Crippen LogP contribution in [-0.4, -0.2) is 46.3 Å². The third-order valence-corrected chi connectivity index (χ3v) is 6.70. The second kappa shape index (κ2) is 14.8. The van der Waals surface area contributed by atoms with E-state index in [-0.39, 0.29) is 36.6 Å². The van der Waals surface area contributed by atoms with Crippen LogP contribution in [0.1, 0.15) is 36.4 Å². The zero-order valence-electron chi connectivity index (χ0n) is 22.9. The van der Waals surface area contributed by atoms with Crippen LogP contribution >= 0.6 is 0 Å². The molecule has 4 rings (SSSR count). The van der Waals surface area contributed by atoms with Gasteiger partial charge in [0.2, 0.25) is 5.91 Å². The fourth-order valence-corrected chi connectivity index (χ4v) is 4.68. The van der Waals surface area contributed by atoms with Crippen molar-refractivity contribution in [3.05, 3.63) is 138 Å². The van der Waals surface area contributed by atoms with Crippen LogP contribution in [0.2, 0.25) is 0 Å². The standard InChI is InChI=1S/C33H32N4O5/c38-23-29-27(17-11-21-37(29)31(24-12-4-1-5-13-24)25-14-6-2-7-15-25)32(40)36-28(33(41)42)18-10-20-35-30(39)22-26-16-8-3-9-19-34-26/h1-9,11-17,19,21,28,31,34H,10,18,20,22H2,(H,35,39)(H,36,40)(H,41,42). The topological polar surface area (TPSA) is 128 Å². The molecule has 0 radical (unpaired) electrons. The number of benzene rings is 2. The number of carbonyl (C=O) groups is 3. The molecule has 0 saturated carbocycles. The van der Waals surface area contributed by atoms with Gasteiger partial charge in [-0.2, -0.15) is 0 Å². The highest BCUT2D eigenvalue weighted by Crippen LogP contribution is 2.35. The second-order valence-corrected chi connectivity index (χ2v) is 9.62. The van der Waals surface area contributed by atoms with Crippen LogP contribution in [0.25, 0.3) is 0 Å². The van der Waals surface area contributed by atoms with Crippen molar-refractivity contribution in [2.24, 2.45) is 0 Å². The maximum Gasteiger partial charge on any atom is 0.326 e. The molecule has 9 heteroatoms.